The summed E-state index contributed by atoms with van der Waals surface area (Å²) in [6, 6.07) is 17.4. The SMILES string of the molecule is CCOc1cccc(CNCCNc2ccc([N+](=O)[O-])cc2)c1OCc1ccc(Cl)cc1Cl.Cl. The molecule has 0 spiro atoms. The van der Waals surface area contributed by atoms with Crippen molar-refractivity contribution in [1.29, 1.82) is 0 Å². The van der Waals surface area contributed by atoms with Gasteiger partial charge in [0.1, 0.15) is 6.61 Å². The fourth-order valence-corrected chi connectivity index (χ4v) is 3.60. The van der Waals surface area contributed by atoms with Crippen molar-refractivity contribution < 1.29 is 14.4 Å². The van der Waals surface area contributed by atoms with Gasteiger partial charge in [-0.05, 0) is 37.3 Å². The third-order valence-electron chi connectivity index (χ3n) is 4.77. The van der Waals surface area contributed by atoms with E-state index in [9.17, 15) is 10.1 Å². The number of hydrogen-bond acceptors (Lipinski definition) is 6. The molecule has 182 valence electrons. The van der Waals surface area contributed by atoms with Crippen LogP contribution in [-0.2, 0) is 13.2 Å². The van der Waals surface area contributed by atoms with Gasteiger partial charge in [0.2, 0.25) is 0 Å². The lowest BCUT2D eigenvalue weighted by molar-refractivity contribution is -0.384. The number of nitro groups is 1. The Bertz CT molecular complexity index is 1080. The minimum atomic E-state index is -0.414. The summed E-state index contributed by atoms with van der Waals surface area (Å²) in [5.74, 6) is 1.34. The molecule has 0 aliphatic carbocycles. The minimum absolute atomic E-state index is 0. The fraction of sp³-hybridized carbons (Fsp3) is 0.250. The van der Waals surface area contributed by atoms with E-state index in [1.165, 1.54) is 12.1 Å². The van der Waals surface area contributed by atoms with Crippen molar-refractivity contribution in [1.82, 2.24) is 5.32 Å². The predicted molar refractivity (Wildman–Crippen MR) is 139 cm³/mol. The van der Waals surface area contributed by atoms with Crippen LogP contribution in [0.25, 0.3) is 0 Å². The largest absolute Gasteiger partial charge is 0.490 e. The molecule has 0 bridgehead atoms. The number of non-ortho nitro benzene ring substituents is 1. The first-order chi connectivity index (χ1) is 16.0. The second-order valence-electron chi connectivity index (χ2n) is 7.11. The molecule has 34 heavy (non-hydrogen) atoms. The number of para-hydroxylation sites is 1. The standard InChI is InChI=1S/C24H25Cl2N3O4.ClH/c1-2-32-23-5-3-4-17(24(23)33-16-18-6-7-19(25)14-22(18)26)15-27-12-13-28-20-8-10-21(11-9-20)29(30)31;/h3-11,14,27-28H,2,12-13,15-16H2,1H3;1H. The van der Waals surface area contributed by atoms with Crippen LogP contribution in [0.5, 0.6) is 11.5 Å². The van der Waals surface area contributed by atoms with Gasteiger partial charge in [0, 0.05) is 58.6 Å². The van der Waals surface area contributed by atoms with Gasteiger partial charge < -0.3 is 20.1 Å². The molecule has 0 heterocycles. The third-order valence-corrected chi connectivity index (χ3v) is 5.36. The molecule has 0 atom stereocenters. The van der Waals surface area contributed by atoms with Gasteiger partial charge in [0.15, 0.2) is 11.5 Å². The van der Waals surface area contributed by atoms with Gasteiger partial charge in [0.05, 0.1) is 11.5 Å². The lowest BCUT2D eigenvalue weighted by Crippen LogP contribution is -2.22. The zero-order valence-corrected chi connectivity index (χ0v) is 20.9. The van der Waals surface area contributed by atoms with Crippen LogP contribution in [0.2, 0.25) is 10.0 Å². The Balaban J connectivity index is 0.00000408. The Hall–Kier alpha value is -2.71. The molecule has 0 saturated carbocycles. The second kappa shape index (κ2) is 13.9. The number of nitro benzene ring substituents is 1. The Morgan fingerprint density at radius 2 is 1.74 bits per heavy atom. The number of benzene rings is 3. The maximum absolute atomic E-state index is 10.7. The monoisotopic (exact) mass is 525 g/mol. The van der Waals surface area contributed by atoms with Crippen LogP contribution in [0.3, 0.4) is 0 Å². The second-order valence-corrected chi connectivity index (χ2v) is 7.95. The van der Waals surface area contributed by atoms with E-state index >= 15 is 0 Å². The van der Waals surface area contributed by atoms with Gasteiger partial charge in [-0.3, -0.25) is 10.1 Å². The number of nitrogens with one attached hydrogen (secondary N) is 2. The molecular weight excluding hydrogens is 501 g/mol. The number of anilines is 1. The van der Waals surface area contributed by atoms with E-state index in [-0.39, 0.29) is 24.7 Å². The van der Waals surface area contributed by atoms with Crippen LogP contribution in [0.1, 0.15) is 18.1 Å². The molecule has 0 aliphatic heterocycles. The summed E-state index contributed by atoms with van der Waals surface area (Å²) in [5.41, 5.74) is 2.69. The summed E-state index contributed by atoms with van der Waals surface area (Å²) >= 11 is 12.3. The summed E-state index contributed by atoms with van der Waals surface area (Å²) in [6.07, 6.45) is 0. The molecule has 0 saturated heterocycles. The van der Waals surface area contributed by atoms with Gasteiger partial charge >= 0.3 is 0 Å². The summed E-state index contributed by atoms with van der Waals surface area (Å²) in [7, 11) is 0. The van der Waals surface area contributed by atoms with E-state index in [1.54, 1.807) is 24.3 Å². The minimum Gasteiger partial charge on any atom is -0.490 e. The average Bonchev–Trinajstić information content (AvgIpc) is 2.80. The van der Waals surface area contributed by atoms with Crippen LogP contribution in [0, 0.1) is 10.1 Å². The first kappa shape index (κ1) is 27.5. The number of halogens is 3. The van der Waals surface area contributed by atoms with Crippen molar-refractivity contribution in [3.63, 3.8) is 0 Å². The smallest absolute Gasteiger partial charge is 0.269 e. The van der Waals surface area contributed by atoms with Crippen molar-refractivity contribution in [3.8, 4) is 11.5 Å². The molecule has 2 N–H and O–H groups in total. The van der Waals surface area contributed by atoms with Gasteiger partial charge in [-0.2, -0.15) is 0 Å². The highest BCUT2D eigenvalue weighted by molar-refractivity contribution is 6.35. The van der Waals surface area contributed by atoms with E-state index in [1.807, 2.05) is 31.2 Å². The van der Waals surface area contributed by atoms with Crippen molar-refractivity contribution in [3.05, 3.63) is 92.0 Å². The fourth-order valence-electron chi connectivity index (χ4n) is 3.14. The third kappa shape index (κ3) is 7.95. The van der Waals surface area contributed by atoms with E-state index < -0.39 is 4.92 Å². The van der Waals surface area contributed by atoms with Crippen LogP contribution in [0.4, 0.5) is 11.4 Å². The summed E-state index contributed by atoms with van der Waals surface area (Å²) < 4.78 is 11.9. The highest BCUT2D eigenvalue weighted by Crippen LogP contribution is 2.33. The predicted octanol–water partition coefficient (Wildman–Crippen LogP) is 6.50. The van der Waals surface area contributed by atoms with Crippen LogP contribution < -0.4 is 20.1 Å². The highest BCUT2D eigenvalue weighted by atomic mass is 35.5. The Morgan fingerprint density at radius 3 is 2.41 bits per heavy atom. The first-order valence-corrected chi connectivity index (χ1v) is 11.2. The molecule has 0 aromatic heterocycles. The molecule has 7 nitrogen and oxygen atoms in total. The Kier molecular flexibility index (Phi) is 11.2. The van der Waals surface area contributed by atoms with Crippen LogP contribution >= 0.6 is 35.6 Å². The summed E-state index contributed by atoms with van der Waals surface area (Å²) in [4.78, 5) is 10.3. The lowest BCUT2D eigenvalue weighted by Gasteiger charge is -2.17. The van der Waals surface area contributed by atoms with E-state index in [0.717, 1.165) is 16.8 Å². The van der Waals surface area contributed by atoms with Gasteiger partial charge in [-0.25, -0.2) is 0 Å². The Morgan fingerprint density at radius 1 is 0.971 bits per heavy atom. The topological polar surface area (TPSA) is 85.7 Å². The zero-order chi connectivity index (χ0) is 23.6. The molecule has 3 aromatic rings. The van der Waals surface area contributed by atoms with Crippen molar-refractivity contribution in [2.24, 2.45) is 0 Å². The molecule has 0 aliphatic rings. The molecule has 0 unspecified atom stereocenters. The number of ether oxygens (including phenoxy) is 2. The van der Waals surface area contributed by atoms with Gasteiger partial charge in [-0.1, -0.05) is 41.4 Å². The first-order valence-electron chi connectivity index (χ1n) is 10.5. The van der Waals surface area contributed by atoms with Crippen LogP contribution in [0.15, 0.2) is 60.7 Å². The van der Waals surface area contributed by atoms with Crippen molar-refractivity contribution in [2.45, 2.75) is 20.1 Å². The summed E-state index contributed by atoms with van der Waals surface area (Å²) in [5, 5.41) is 18.5. The molecule has 3 rings (SSSR count). The lowest BCUT2D eigenvalue weighted by atomic mass is 10.1. The molecule has 0 amide bonds. The molecule has 10 heteroatoms. The molecule has 3 aromatic carbocycles. The molecule has 0 fully saturated rings. The number of rotatable bonds is 12. The number of nitrogens with zero attached hydrogens (tertiary/aromatic N) is 1. The molecular formula is C24H26Cl3N3O4. The van der Waals surface area contributed by atoms with Gasteiger partial charge in [-0.15, -0.1) is 12.4 Å². The zero-order valence-electron chi connectivity index (χ0n) is 18.6. The van der Waals surface area contributed by atoms with Crippen LogP contribution in [-0.4, -0.2) is 24.6 Å². The normalized spacial score (nSPS) is 10.3. The average molecular weight is 527 g/mol. The summed E-state index contributed by atoms with van der Waals surface area (Å²) in [6.45, 7) is 4.64. The number of hydrogen-bond donors (Lipinski definition) is 2. The maximum Gasteiger partial charge on any atom is 0.269 e. The highest BCUT2D eigenvalue weighted by Gasteiger charge is 2.12. The molecule has 0 radical (unpaired) electrons. The van der Waals surface area contributed by atoms with E-state index in [4.69, 9.17) is 32.7 Å². The quantitative estimate of drug-likeness (QED) is 0.159. The Labute approximate surface area is 214 Å². The van der Waals surface area contributed by atoms with E-state index in [2.05, 4.69) is 10.6 Å². The van der Waals surface area contributed by atoms with Gasteiger partial charge in [0.25, 0.3) is 5.69 Å². The van der Waals surface area contributed by atoms with E-state index in [0.29, 0.717) is 47.8 Å². The maximum atomic E-state index is 10.7. The van der Waals surface area contributed by atoms with Crippen molar-refractivity contribution in [2.75, 3.05) is 25.0 Å². The van der Waals surface area contributed by atoms with Crippen molar-refractivity contribution >= 4 is 47.0 Å².